The monoisotopic (exact) mass is 472 g/mol. The molecule has 10 heteroatoms. The number of aryl methyl sites for hydroxylation is 1. The van der Waals surface area contributed by atoms with Crippen molar-refractivity contribution in [3.63, 3.8) is 0 Å². The zero-order valence-electron chi connectivity index (χ0n) is 17.7. The Labute approximate surface area is 191 Å². The molecule has 1 saturated heterocycles. The molecule has 168 valence electrons. The second-order valence-corrected chi connectivity index (χ2v) is 10.4. The van der Waals surface area contributed by atoms with Gasteiger partial charge in [0.05, 0.1) is 15.5 Å². The van der Waals surface area contributed by atoms with Crippen molar-refractivity contribution >= 4 is 32.2 Å². The van der Waals surface area contributed by atoms with Crippen LogP contribution in [0.3, 0.4) is 0 Å². The van der Waals surface area contributed by atoms with Gasteiger partial charge in [0.2, 0.25) is 10.0 Å². The van der Waals surface area contributed by atoms with Gasteiger partial charge in [-0.1, -0.05) is 37.6 Å². The van der Waals surface area contributed by atoms with Crippen molar-refractivity contribution < 1.29 is 13.3 Å². The summed E-state index contributed by atoms with van der Waals surface area (Å²) < 4.78 is 27.2. The minimum absolute atomic E-state index is 0.0691. The van der Waals surface area contributed by atoms with E-state index in [0.717, 1.165) is 29.2 Å². The van der Waals surface area contributed by atoms with Gasteiger partial charge in [-0.15, -0.1) is 11.3 Å². The number of nitro benzene ring substituents is 1. The molecule has 2 aromatic carbocycles. The van der Waals surface area contributed by atoms with Crippen LogP contribution in [0, 0.1) is 10.1 Å². The van der Waals surface area contributed by atoms with Gasteiger partial charge in [0.25, 0.3) is 5.69 Å². The number of rotatable bonds is 7. The van der Waals surface area contributed by atoms with Crippen LogP contribution in [-0.4, -0.2) is 48.8 Å². The lowest BCUT2D eigenvalue weighted by atomic mass is 10.1. The topological polar surface area (TPSA) is 96.7 Å². The van der Waals surface area contributed by atoms with Crippen LogP contribution in [-0.2, 0) is 16.4 Å². The summed E-state index contributed by atoms with van der Waals surface area (Å²) >= 11 is 1.56. The lowest BCUT2D eigenvalue weighted by molar-refractivity contribution is -0.384. The predicted octanol–water partition coefficient (Wildman–Crippen LogP) is 4.18. The van der Waals surface area contributed by atoms with Crippen molar-refractivity contribution in [2.45, 2.75) is 24.7 Å². The molecule has 0 radical (unpaired) electrons. The zero-order valence-corrected chi connectivity index (χ0v) is 19.3. The SMILES string of the molecule is CCCc1ccc(-c2csc(N3CCN(S(=O)(=O)c4ccc([N+](=O)[O-])cc4)CC3)n2)cc1. The Kier molecular flexibility index (Phi) is 6.54. The summed E-state index contributed by atoms with van der Waals surface area (Å²) in [6, 6.07) is 13.5. The Bertz CT molecular complexity index is 1180. The third-order valence-corrected chi connectivity index (χ3v) is 8.29. The van der Waals surface area contributed by atoms with Gasteiger partial charge >= 0.3 is 0 Å². The van der Waals surface area contributed by atoms with Gasteiger partial charge in [-0.25, -0.2) is 13.4 Å². The summed E-state index contributed by atoms with van der Waals surface area (Å²) in [5.74, 6) is 0. The van der Waals surface area contributed by atoms with E-state index in [2.05, 4.69) is 36.1 Å². The van der Waals surface area contributed by atoms with Crippen LogP contribution in [0.4, 0.5) is 10.8 Å². The maximum atomic E-state index is 12.9. The first kappa shape index (κ1) is 22.4. The quantitative estimate of drug-likeness (QED) is 0.378. The molecule has 1 fully saturated rings. The van der Waals surface area contributed by atoms with E-state index in [4.69, 9.17) is 4.98 Å². The molecular weight excluding hydrogens is 448 g/mol. The van der Waals surface area contributed by atoms with Crippen LogP contribution in [0.5, 0.6) is 0 Å². The molecule has 8 nitrogen and oxygen atoms in total. The number of benzene rings is 2. The molecule has 0 N–H and O–H groups in total. The zero-order chi connectivity index (χ0) is 22.7. The molecule has 0 amide bonds. The number of piperazine rings is 1. The van der Waals surface area contributed by atoms with Crippen LogP contribution in [0.15, 0.2) is 58.8 Å². The van der Waals surface area contributed by atoms with E-state index in [1.165, 1.54) is 34.1 Å². The van der Waals surface area contributed by atoms with Gasteiger partial charge in [-0.05, 0) is 24.1 Å². The molecule has 0 atom stereocenters. The molecule has 0 spiro atoms. The number of sulfonamides is 1. The lowest BCUT2D eigenvalue weighted by Crippen LogP contribution is -2.48. The van der Waals surface area contributed by atoms with Crippen molar-refractivity contribution in [2.24, 2.45) is 0 Å². The van der Waals surface area contributed by atoms with Gasteiger partial charge in [0, 0.05) is 49.3 Å². The Morgan fingerprint density at radius 3 is 2.28 bits per heavy atom. The van der Waals surface area contributed by atoms with E-state index in [9.17, 15) is 18.5 Å². The second kappa shape index (κ2) is 9.35. The minimum Gasteiger partial charge on any atom is -0.345 e. The van der Waals surface area contributed by atoms with E-state index in [-0.39, 0.29) is 10.6 Å². The summed E-state index contributed by atoms with van der Waals surface area (Å²) in [5, 5.41) is 13.7. The van der Waals surface area contributed by atoms with Crippen molar-refractivity contribution in [3.05, 3.63) is 69.6 Å². The van der Waals surface area contributed by atoms with Gasteiger partial charge in [-0.3, -0.25) is 10.1 Å². The van der Waals surface area contributed by atoms with Crippen LogP contribution in [0.25, 0.3) is 11.3 Å². The average molecular weight is 473 g/mol. The van der Waals surface area contributed by atoms with Gasteiger partial charge in [0.1, 0.15) is 0 Å². The van der Waals surface area contributed by atoms with Crippen molar-refractivity contribution in [3.8, 4) is 11.3 Å². The molecule has 0 aliphatic carbocycles. The molecule has 0 saturated carbocycles. The first-order valence-electron chi connectivity index (χ1n) is 10.4. The summed E-state index contributed by atoms with van der Waals surface area (Å²) in [5.41, 5.74) is 3.19. The fraction of sp³-hybridized carbons (Fsp3) is 0.318. The molecule has 32 heavy (non-hydrogen) atoms. The van der Waals surface area contributed by atoms with Crippen molar-refractivity contribution in [2.75, 3.05) is 31.1 Å². The molecular formula is C22H24N4O4S2. The fourth-order valence-electron chi connectivity index (χ4n) is 3.68. The van der Waals surface area contributed by atoms with Gasteiger partial charge in [-0.2, -0.15) is 4.31 Å². The molecule has 3 aromatic rings. The van der Waals surface area contributed by atoms with Crippen molar-refractivity contribution in [1.29, 1.82) is 0 Å². The number of hydrogen-bond donors (Lipinski definition) is 0. The van der Waals surface area contributed by atoms with E-state index in [0.29, 0.717) is 26.2 Å². The highest BCUT2D eigenvalue weighted by Gasteiger charge is 2.29. The molecule has 1 aliphatic rings. The van der Waals surface area contributed by atoms with Crippen LogP contribution in [0.2, 0.25) is 0 Å². The van der Waals surface area contributed by atoms with E-state index in [1.54, 1.807) is 11.3 Å². The number of nitro groups is 1. The Balaban J connectivity index is 1.41. The molecule has 2 heterocycles. The van der Waals surface area contributed by atoms with Gasteiger partial charge in [0.15, 0.2) is 5.13 Å². The third-order valence-electron chi connectivity index (χ3n) is 5.47. The molecule has 0 unspecified atom stereocenters. The number of anilines is 1. The Hall–Kier alpha value is -2.82. The number of nitrogens with zero attached hydrogens (tertiary/aromatic N) is 4. The Morgan fingerprint density at radius 2 is 1.69 bits per heavy atom. The van der Waals surface area contributed by atoms with Crippen LogP contribution >= 0.6 is 11.3 Å². The highest BCUT2D eigenvalue weighted by atomic mass is 32.2. The largest absolute Gasteiger partial charge is 0.345 e. The standard InChI is InChI=1S/C22H24N4O4S2/c1-2-3-17-4-6-18(7-5-17)21-16-31-22(23-21)24-12-14-25(15-13-24)32(29,30)20-10-8-19(9-11-20)26(27)28/h4-11,16H,2-3,12-15H2,1H3. The summed E-state index contributed by atoms with van der Waals surface area (Å²) in [6.45, 7) is 3.90. The molecule has 4 rings (SSSR count). The van der Waals surface area contributed by atoms with Crippen LogP contribution in [0.1, 0.15) is 18.9 Å². The van der Waals surface area contributed by atoms with E-state index < -0.39 is 14.9 Å². The van der Waals surface area contributed by atoms with Crippen molar-refractivity contribution in [1.82, 2.24) is 9.29 Å². The first-order chi connectivity index (χ1) is 15.4. The summed E-state index contributed by atoms with van der Waals surface area (Å²) in [4.78, 5) is 17.2. The highest BCUT2D eigenvalue weighted by Crippen LogP contribution is 2.29. The smallest absolute Gasteiger partial charge is 0.269 e. The minimum atomic E-state index is -3.69. The second-order valence-electron chi connectivity index (χ2n) is 7.60. The first-order valence-corrected chi connectivity index (χ1v) is 12.7. The number of thiazole rings is 1. The molecule has 1 aliphatic heterocycles. The predicted molar refractivity (Wildman–Crippen MR) is 126 cm³/mol. The highest BCUT2D eigenvalue weighted by molar-refractivity contribution is 7.89. The van der Waals surface area contributed by atoms with Gasteiger partial charge < -0.3 is 4.90 Å². The lowest BCUT2D eigenvalue weighted by Gasteiger charge is -2.33. The van der Waals surface area contributed by atoms with E-state index >= 15 is 0 Å². The normalized spacial score (nSPS) is 15.1. The molecule has 0 bridgehead atoms. The fourth-order valence-corrected chi connectivity index (χ4v) is 5.99. The van der Waals surface area contributed by atoms with Crippen LogP contribution < -0.4 is 4.90 Å². The number of aromatic nitrogens is 1. The number of non-ortho nitro benzene ring substituents is 1. The maximum absolute atomic E-state index is 12.9. The maximum Gasteiger partial charge on any atom is 0.269 e. The van der Waals surface area contributed by atoms with E-state index in [1.807, 2.05) is 5.38 Å². The average Bonchev–Trinajstić information content (AvgIpc) is 3.30. The molecule has 1 aromatic heterocycles. The Morgan fingerprint density at radius 1 is 1.03 bits per heavy atom. The number of hydrogen-bond acceptors (Lipinski definition) is 7. The summed E-state index contributed by atoms with van der Waals surface area (Å²) in [6.07, 6.45) is 2.18. The third kappa shape index (κ3) is 4.67. The summed E-state index contributed by atoms with van der Waals surface area (Å²) in [7, 11) is -3.69.